The first-order valence-corrected chi connectivity index (χ1v) is 12.9. The number of fused-ring (bicyclic) bond motifs is 7. The number of aliphatic hydroxyl groups is 2. The third-order valence-electron chi connectivity index (χ3n) is 8.05. The number of ether oxygens (including phenoxy) is 2. The van der Waals surface area contributed by atoms with Crippen molar-refractivity contribution in [1.82, 2.24) is 4.90 Å². The number of aliphatic hydroxyl groups excluding tert-OH is 2. The van der Waals surface area contributed by atoms with Crippen molar-refractivity contribution in [1.29, 1.82) is 0 Å². The van der Waals surface area contributed by atoms with Gasteiger partial charge in [0, 0.05) is 23.7 Å². The van der Waals surface area contributed by atoms with Crippen LogP contribution in [0, 0.1) is 0 Å². The van der Waals surface area contributed by atoms with Crippen LogP contribution in [0.4, 0.5) is 0 Å². The van der Waals surface area contributed by atoms with Crippen LogP contribution in [0.2, 0.25) is 0 Å². The first-order chi connectivity index (χ1) is 17.7. The lowest BCUT2D eigenvalue weighted by atomic mass is 9.82. The maximum Gasteiger partial charge on any atom is 0.125 e. The number of hydrogen-bond acceptors (Lipinski definition) is 5. The minimum absolute atomic E-state index is 0.0841. The van der Waals surface area contributed by atoms with Crippen LogP contribution >= 0.6 is 0 Å². The molecule has 5 nitrogen and oxygen atoms in total. The Morgan fingerprint density at radius 3 is 2.25 bits per heavy atom. The highest BCUT2D eigenvalue weighted by molar-refractivity contribution is 6.12. The highest BCUT2D eigenvalue weighted by atomic mass is 16.5. The quantitative estimate of drug-likeness (QED) is 0.356. The van der Waals surface area contributed by atoms with E-state index in [1.54, 1.807) is 7.11 Å². The molecule has 36 heavy (non-hydrogen) atoms. The topological polar surface area (TPSA) is 62.2 Å². The second-order valence-electron chi connectivity index (χ2n) is 10.1. The number of rotatable bonds is 6. The molecule has 1 atom stereocenters. The van der Waals surface area contributed by atoms with Crippen LogP contribution in [0.5, 0.6) is 11.5 Å². The van der Waals surface area contributed by atoms with Crippen LogP contribution < -0.4 is 9.47 Å². The predicted molar refractivity (Wildman–Crippen MR) is 142 cm³/mol. The molecule has 0 saturated carbocycles. The van der Waals surface area contributed by atoms with Crippen LogP contribution in [0.1, 0.15) is 47.1 Å². The fraction of sp³-hybridized carbons (Fsp3) is 0.355. The highest BCUT2D eigenvalue weighted by Gasteiger charge is 2.31. The molecule has 4 aromatic rings. The number of methoxy groups -OCH3 is 1. The van der Waals surface area contributed by atoms with Crippen molar-refractivity contribution >= 4 is 21.5 Å². The van der Waals surface area contributed by atoms with E-state index in [2.05, 4.69) is 41.3 Å². The molecule has 2 aliphatic heterocycles. The Bertz CT molecular complexity index is 1420. The van der Waals surface area contributed by atoms with Crippen molar-refractivity contribution < 1.29 is 19.7 Å². The van der Waals surface area contributed by atoms with Crippen molar-refractivity contribution in [2.45, 2.75) is 58.1 Å². The lowest BCUT2D eigenvalue weighted by molar-refractivity contribution is 0.128. The monoisotopic (exact) mass is 483 g/mol. The van der Waals surface area contributed by atoms with Crippen molar-refractivity contribution in [2.75, 3.05) is 13.7 Å². The molecule has 0 amide bonds. The normalized spacial score (nSPS) is 17.7. The van der Waals surface area contributed by atoms with Gasteiger partial charge in [0.25, 0.3) is 0 Å². The third kappa shape index (κ3) is 4.01. The van der Waals surface area contributed by atoms with Gasteiger partial charge in [-0.2, -0.15) is 0 Å². The Morgan fingerprint density at radius 1 is 0.833 bits per heavy atom. The van der Waals surface area contributed by atoms with Gasteiger partial charge in [-0.05, 0) is 88.3 Å². The van der Waals surface area contributed by atoms with Gasteiger partial charge in [0.05, 0.1) is 20.3 Å². The molecule has 0 aliphatic carbocycles. The zero-order valence-electron chi connectivity index (χ0n) is 20.8. The van der Waals surface area contributed by atoms with E-state index in [9.17, 15) is 10.2 Å². The van der Waals surface area contributed by atoms with Gasteiger partial charge < -0.3 is 19.7 Å². The van der Waals surface area contributed by atoms with Crippen molar-refractivity contribution in [3.8, 4) is 11.5 Å². The predicted octanol–water partition coefficient (Wildman–Crippen LogP) is 5.48. The Kier molecular flexibility index (Phi) is 6.30. The third-order valence-corrected chi connectivity index (χ3v) is 8.05. The van der Waals surface area contributed by atoms with Crippen LogP contribution in [0.3, 0.4) is 0 Å². The standard InChI is InChI=1S/C31H33NO4/c1-35-30-14-27-24(11-21(30)17-33)25-12-22(18-34)31(36-19-20-7-3-2-4-8-20)15-28(25)29-16-32-10-6-5-9-23(32)13-26(27)29/h2-4,7-8,11-12,14-15,23,33-34H,5-6,9-10,13,16-19H2,1H3. The van der Waals surface area contributed by atoms with E-state index in [1.165, 1.54) is 41.2 Å². The van der Waals surface area contributed by atoms with Crippen LogP contribution in [-0.2, 0) is 32.8 Å². The molecule has 0 spiro atoms. The molecular weight excluding hydrogens is 450 g/mol. The number of piperidine rings is 1. The van der Waals surface area contributed by atoms with E-state index < -0.39 is 0 Å². The molecule has 0 bridgehead atoms. The van der Waals surface area contributed by atoms with Crippen LogP contribution in [0.15, 0.2) is 54.6 Å². The first-order valence-electron chi connectivity index (χ1n) is 12.9. The Balaban J connectivity index is 1.57. The maximum atomic E-state index is 10.3. The van der Waals surface area contributed by atoms with Gasteiger partial charge >= 0.3 is 0 Å². The number of nitrogens with zero attached hydrogens (tertiary/aromatic N) is 1. The van der Waals surface area contributed by atoms with Gasteiger partial charge in [-0.1, -0.05) is 36.8 Å². The van der Waals surface area contributed by atoms with E-state index in [1.807, 2.05) is 18.2 Å². The smallest absolute Gasteiger partial charge is 0.125 e. The minimum Gasteiger partial charge on any atom is -0.496 e. The summed E-state index contributed by atoms with van der Waals surface area (Å²) in [5.41, 5.74) is 5.37. The Morgan fingerprint density at radius 2 is 1.53 bits per heavy atom. The average molecular weight is 484 g/mol. The summed E-state index contributed by atoms with van der Waals surface area (Å²) in [5.74, 6) is 1.45. The van der Waals surface area contributed by atoms with E-state index in [0.29, 0.717) is 12.6 Å². The number of hydrogen-bond donors (Lipinski definition) is 2. The fourth-order valence-corrected chi connectivity index (χ4v) is 6.18. The first kappa shape index (κ1) is 23.3. The van der Waals surface area contributed by atoms with Crippen molar-refractivity contribution in [3.63, 3.8) is 0 Å². The van der Waals surface area contributed by atoms with E-state index in [4.69, 9.17) is 9.47 Å². The largest absolute Gasteiger partial charge is 0.496 e. The summed E-state index contributed by atoms with van der Waals surface area (Å²) in [7, 11) is 1.66. The average Bonchev–Trinajstić information content (AvgIpc) is 2.94. The highest BCUT2D eigenvalue weighted by Crippen LogP contribution is 2.43. The summed E-state index contributed by atoms with van der Waals surface area (Å²) in [6.45, 7) is 2.33. The van der Waals surface area contributed by atoms with Crippen LogP contribution in [-0.4, -0.2) is 34.8 Å². The number of benzene rings is 4. The molecule has 4 aromatic carbocycles. The molecule has 6 rings (SSSR count). The summed E-state index contributed by atoms with van der Waals surface area (Å²) >= 11 is 0. The summed E-state index contributed by atoms with van der Waals surface area (Å²) in [4.78, 5) is 2.64. The molecule has 186 valence electrons. The van der Waals surface area contributed by atoms with Gasteiger partial charge in [-0.25, -0.2) is 0 Å². The lowest BCUT2D eigenvalue weighted by Crippen LogP contribution is -2.43. The second-order valence-corrected chi connectivity index (χ2v) is 10.1. The van der Waals surface area contributed by atoms with Crippen molar-refractivity contribution in [3.05, 3.63) is 82.4 Å². The van der Waals surface area contributed by atoms with E-state index in [-0.39, 0.29) is 13.2 Å². The zero-order chi connectivity index (χ0) is 24.6. The molecule has 2 heterocycles. The second kappa shape index (κ2) is 9.74. The summed E-state index contributed by atoms with van der Waals surface area (Å²) in [5, 5.41) is 24.9. The van der Waals surface area contributed by atoms with Crippen LogP contribution in [0.25, 0.3) is 21.5 Å². The molecule has 0 radical (unpaired) electrons. The molecule has 0 aromatic heterocycles. The van der Waals surface area contributed by atoms with Gasteiger partial charge in [-0.3, -0.25) is 4.90 Å². The van der Waals surface area contributed by atoms with E-state index in [0.717, 1.165) is 58.5 Å². The van der Waals surface area contributed by atoms with Gasteiger partial charge in [0.15, 0.2) is 0 Å². The van der Waals surface area contributed by atoms with Gasteiger partial charge in [0.2, 0.25) is 0 Å². The summed E-state index contributed by atoms with van der Waals surface area (Å²) in [6.07, 6.45) is 4.80. The molecule has 1 fully saturated rings. The van der Waals surface area contributed by atoms with Gasteiger partial charge in [0.1, 0.15) is 18.1 Å². The minimum atomic E-state index is -0.101. The zero-order valence-corrected chi connectivity index (χ0v) is 20.8. The van der Waals surface area contributed by atoms with Gasteiger partial charge in [-0.15, -0.1) is 0 Å². The Labute approximate surface area is 211 Å². The Hall–Kier alpha value is -3.12. The van der Waals surface area contributed by atoms with Crippen molar-refractivity contribution in [2.24, 2.45) is 0 Å². The molecule has 1 unspecified atom stereocenters. The fourth-order valence-electron chi connectivity index (χ4n) is 6.18. The molecular formula is C31H33NO4. The maximum absolute atomic E-state index is 10.3. The lowest BCUT2D eigenvalue weighted by Gasteiger charge is -2.41. The molecule has 2 N–H and O–H groups in total. The summed E-state index contributed by atoms with van der Waals surface area (Å²) < 4.78 is 11.9. The molecule has 5 heteroatoms. The summed E-state index contributed by atoms with van der Waals surface area (Å²) in [6, 6.07) is 19.1. The molecule has 2 aliphatic rings. The van der Waals surface area contributed by atoms with E-state index >= 15 is 0 Å². The SMILES string of the molecule is COc1cc2c3c(c4cc(OCc5ccccc5)c(CO)cc4c2cc1CO)CN1CCCCC1C3. The molecule has 1 saturated heterocycles.